The van der Waals surface area contributed by atoms with Crippen LogP contribution in [0.1, 0.15) is 45.6 Å². The van der Waals surface area contributed by atoms with E-state index in [4.69, 9.17) is 9.47 Å². The summed E-state index contributed by atoms with van der Waals surface area (Å²) >= 11 is 0. The number of halogens is 1. The van der Waals surface area contributed by atoms with Crippen molar-refractivity contribution in [2.24, 2.45) is 5.92 Å². The van der Waals surface area contributed by atoms with Crippen LogP contribution in [0.5, 0.6) is 11.8 Å². The quantitative estimate of drug-likeness (QED) is 0.763. The maximum Gasteiger partial charge on any atom is 0.256 e. The summed E-state index contributed by atoms with van der Waals surface area (Å²) in [7, 11) is 1.53. The van der Waals surface area contributed by atoms with Crippen LogP contribution in [0.15, 0.2) is 12.4 Å². The minimum Gasteiger partial charge on any atom is -0.478 e. The van der Waals surface area contributed by atoms with Crippen LogP contribution in [0.25, 0.3) is 0 Å². The first-order chi connectivity index (χ1) is 13.0. The lowest BCUT2D eigenvalue weighted by Crippen LogP contribution is -2.23. The van der Waals surface area contributed by atoms with Crippen LogP contribution in [0, 0.1) is 11.7 Å². The van der Waals surface area contributed by atoms with Gasteiger partial charge in [-0.3, -0.25) is 4.68 Å². The van der Waals surface area contributed by atoms with Crippen molar-refractivity contribution in [2.75, 3.05) is 19.0 Å². The molecule has 0 amide bonds. The van der Waals surface area contributed by atoms with Gasteiger partial charge in [0.05, 0.1) is 32.2 Å². The Morgan fingerprint density at radius 3 is 2.70 bits per heavy atom. The molecule has 9 heteroatoms. The minimum absolute atomic E-state index is 0.0890. The van der Waals surface area contributed by atoms with Crippen molar-refractivity contribution >= 4 is 11.6 Å². The topological polar surface area (TPSA) is 94.3 Å². The lowest BCUT2D eigenvalue weighted by Gasteiger charge is -2.25. The van der Waals surface area contributed by atoms with Crippen molar-refractivity contribution in [3.05, 3.63) is 18.2 Å². The molecule has 0 unspecified atom stereocenters. The van der Waals surface area contributed by atoms with E-state index < -0.39 is 5.82 Å². The number of methoxy groups -OCH3 is 1. The highest BCUT2D eigenvalue weighted by Gasteiger charge is 2.21. The first-order valence-corrected chi connectivity index (χ1v) is 9.19. The number of nitrogens with zero attached hydrogens (tertiary/aromatic N) is 4. The predicted molar refractivity (Wildman–Crippen MR) is 97.9 cm³/mol. The summed E-state index contributed by atoms with van der Waals surface area (Å²) in [5.41, 5.74) is 0.588. The molecule has 1 fully saturated rings. The van der Waals surface area contributed by atoms with Crippen molar-refractivity contribution in [1.29, 1.82) is 0 Å². The number of rotatable bonds is 7. The van der Waals surface area contributed by atoms with Gasteiger partial charge in [-0.1, -0.05) is 0 Å². The number of aromatic nitrogens is 4. The molecule has 148 valence electrons. The molecule has 2 heterocycles. The Kier molecular flexibility index (Phi) is 6.10. The second-order valence-electron chi connectivity index (χ2n) is 7.08. The van der Waals surface area contributed by atoms with Gasteiger partial charge in [-0.15, -0.1) is 5.10 Å². The van der Waals surface area contributed by atoms with E-state index in [1.165, 1.54) is 7.11 Å². The van der Waals surface area contributed by atoms with Gasteiger partial charge in [0.15, 0.2) is 0 Å². The number of nitrogens with one attached hydrogen (secondary N) is 1. The molecule has 2 aromatic rings. The third-order valence-electron chi connectivity index (χ3n) is 4.65. The standard InChI is InChI=1S/C18H26FN5O3/c1-11(2)24-9-15(17(23-24)26-3)21-18-20-8-14(19)16(22-18)27-10-12-4-6-13(25)7-5-12/h8-9,11-13,25H,4-7,10H2,1-3H3,(H,20,21,22)/t12-,13-. The van der Waals surface area contributed by atoms with Crippen LogP contribution in [0.3, 0.4) is 0 Å². The summed E-state index contributed by atoms with van der Waals surface area (Å²) in [5, 5.41) is 16.9. The molecule has 0 spiro atoms. The Morgan fingerprint density at radius 2 is 2.04 bits per heavy atom. The summed E-state index contributed by atoms with van der Waals surface area (Å²) in [6.45, 7) is 4.37. The lowest BCUT2D eigenvalue weighted by molar-refractivity contribution is 0.0899. The van der Waals surface area contributed by atoms with Gasteiger partial charge in [-0.05, 0) is 45.4 Å². The van der Waals surface area contributed by atoms with Crippen LogP contribution < -0.4 is 14.8 Å². The molecule has 27 heavy (non-hydrogen) atoms. The molecule has 8 nitrogen and oxygen atoms in total. The molecule has 0 aliphatic heterocycles. The molecule has 1 saturated carbocycles. The lowest BCUT2D eigenvalue weighted by atomic mass is 9.88. The molecule has 1 aliphatic carbocycles. The van der Waals surface area contributed by atoms with Crippen LogP contribution in [0.2, 0.25) is 0 Å². The van der Waals surface area contributed by atoms with Crippen LogP contribution in [0.4, 0.5) is 16.0 Å². The van der Waals surface area contributed by atoms with E-state index in [9.17, 15) is 9.50 Å². The van der Waals surface area contributed by atoms with E-state index in [0.717, 1.165) is 31.9 Å². The monoisotopic (exact) mass is 379 g/mol. The van der Waals surface area contributed by atoms with Gasteiger partial charge in [0.25, 0.3) is 11.8 Å². The van der Waals surface area contributed by atoms with Crippen molar-refractivity contribution in [2.45, 2.75) is 51.7 Å². The highest BCUT2D eigenvalue weighted by molar-refractivity contribution is 5.59. The Hall–Kier alpha value is -2.42. The van der Waals surface area contributed by atoms with Crippen LogP contribution in [-0.4, -0.2) is 44.7 Å². The van der Waals surface area contributed by atoms with Gasteiger partial charge in [0, 0.05) is 6.04 Å². The Bertz CT molecular complexity index is 759. The molecular formula is C18H26FN5O3. The van der Waals surface area contributed by atoms with E-state index in [0.29, 0.717) is 24.1 Å². The smallest absolute Gasteiger partial charge is 0.256 e. The first kappa shape index (κ1) is 19.3. The zero-order chi connectivity index (χ0) is 19.4. The fraction of sp³-hybridized carbons (Fsp3) is 0.611. The molecule has 0 atom stereocenters. The fourth-order valence-electron chi connectivity index (χ4n) is 3.02. The van der Waals surface area contributed by atoms with Gasteiger partial charge in [-0.2, -0.15) is 9.37 Å². The molecule has 2 N–H and O–H groups in total. The summed E-state index contributed by atoms with van der Waals surface area (Å²) in [5.74, 6) is 0.200. The largest absolute Gasteiger partial charge is 0.478 e. The summed E-state index contributed by atoms with van der Waals surface area (Å²) in [6.07, 6.45) is 5.88. The number of aliphatic hydroxyl groups excluding tert-OH is 1. The van der Waals surface area contributed by atoms with E-state index in [1.54, 1.807) is 10.9 Å². The van der Waals surface area contributed by atoms with E-state index in [-0.39, 0.29) is 24.0 Å². The van der Waals surface area contributed by atoms with Crippen molar-refractivity contribution < 1.29 is 19.0 Å². The van der Waals surface area contributed by atoms with Crippen molar-refractivity contribution in [1.82, 2.24) is 19.7 Å². The average Bonchev–Trinajstić information content (AvgIpc) is 3.06. The highest BCUT2D eigenvalue weighted by atomic mass is 19.1. The second-order valence-corrected chi connectivity index (χ2v) is 7.08. The molecular weight excluding hydrogens is 353 g/mol. The number of ether oxygens (including phenoxy) is 2. The molecule has 3 rings (SSSR count). The SMILES string of the molecule is COc1nn(C(C)C)cc1Nc1ncc(F)c(OC[C@H]2CC[C@H](O)CC2)n1. The number of hydrogen-bond donors (Lipinski definition) is 2. The Balaban J connectivity index is 1.68. The fourth-order valence-corrected chi connectivity index (χ4v) is 3.02. The normalized spacial score (nSPS) is 19.9. The highest BCUT2D eigenvalue weighted by Crippen LogP contribution is 2.28. The molecule has 0 bridgehead atoms. The van der Waals surface area contributed by atoms with E-state index >= 15 is 0 Å². The third kappa shape index (κ3) is 4.85. The average molecular weight is 379 g/mol. The molecule has 2 aromatic heterocycles. The van der Waals surface area contributed by atoms with Gasteiger partial charge in [-0.25, -0.2) is 4.98 Å². The predicted octanol–water partition coefficient (Wildman–Crippen LogP) is 3.08. The molecule has 0 saturated heterocycles. The van der Waals surface area contributed by atoms with Gasteiger partial charge < -0.3 is 19.9 Å². The maximum atomic E-state index is 14.0. The second kappa shape index (κ2) is 8.51. The summed E-state index contributed by atoms with van der Waals surface area (Å²) in [4.78, 5) is 8.10. The van der Waals surface area contributed by atoms with Crippen molar-refractivity contribution in [3.8, 4) is 11.8 Å². The Labute approximate surface area is 157 Å². The summed E-state index contributed by atoms with van der Waals surface area (Å²) < 4.78 is 26.6. The van der Waals surface area contributed by atoms with E-state index in [1.807, 2.05) is 13.8 Å². The number of aliphatic hydroxyl groups is 1. The van der Waals surface area contributed by atoms with Crippen LogP contribution in [-0.2, 0) is 0 Å². The maximum absolute atomic E-state index is 14.0. The van der Waals surface area contributed by atoms with Gasteiger partial charge in [0.1, 0.15) is 5.69 Å². The van der Waals surface area contributed by atoms with Crippen LogP contribution >= 0.6 is 0 Å². The molecule has 1 aliphatic rings. The number of hydrogen-bond acceptors (Lipinski definition) is 7. The first-order valence-electron chi connectivity index (χ1n) is 9.19. The zero-order valence-electron chi connectivity index (χ0n) is 15.9. The van der Waals surface area contributed by atoms with Crippen molar-refractivity contribution in [3.63, 3.8) is 0 Å². The molecule has 0 aromatic carbocycles. The molecule has 0 radical (unpaired) electrons. The van der Waals surface area contributed by atoms with E-state index in [2.05, 4.69) is 20.4 Å². The zero-order valence-corrected chi connectivity index (χ0v) is 15.9. The van der Waals surface area contributed by atoms with Gasteiger partial charge >= 0.3 is 0 Å². The third-order valence-corrected chi connectivity index (χ3v) is 4.65. The van der Waals surface area contributed by atoms with Gasteiger partial charge in [0.2, 0.25) is 11.8 Å². The minimum atomic E-state index is -0.610. The number of anilines is 2. The summed E-state index contributed by atoms with van der Waals surface area (Å²) in [6, 6.07) is 0.163. The Morgan fingerprint density at radius 1 is 1.30 bits per heavy atom.